The molecule has 0 saturated carbocycles. The third kappa shape index (κ3) is 4.25. The predicted molar refractivity (Wildman–Crippen MR) is 100 cm³/mol. The molecule has 25 heavy (non-hydrogen) atoms. The van der Waals surface area contributed by atoms with E-state index in [1.165, 1.54) is 18.2 Å². The van der Waals surface area contributed by atoms with Gasteiger partial charge in [-0.3, -0.25) is 14.9 Å². The average Bonchev–Trinajstić information content (AvgIpc) is 3.27. The second kappa shape index (κ2) is 7.77. The van der Waals surface area contributed by atoms with Crippen molar-refractivity contribution >= 4 is 45.9 Å². The maximum atomic E-state index is 13.0. The van der Waals surface area contributed by atoms with E-state index in [0.29, 0.717) is 13.1 Å². The second-order valence-electron chi connectivity index (χ2n) is 5.24. The molecular formula is C17H13ClN2O3S2. The Hall–Kier alpha value is -2.22. The van der Waals surface area contributed by atoms with Crippen molar-refractivity contribution in [2.75, 3.05) is 0 Å². The molecule has 3 rings (SSSR count). The Morgan fingerprint density at radius 2 is 1.68 bits per heavy atom. The smallest absolute Gasteiger partial charge is 0.283 e. The first-order valence-electron chi connectivity index (χ1n) is 7.32. The summed E-state index contributed by atoms with van der Waals surface area (Å²) in [6, 6.07) is 11.8. The molecule has 0 aliphatic carbocycles. The topological polar surface area (TPSA) is 63.4 Å². The number of carbonyl (C=O) groups excluding carboxylic acids is 1. The van der Waals surface area contributed by atoms with Gasteiger partial charge in [0, 0.05) is 20.8 Å². The van der Waals surface area contributed by atoms with E-state index in [1.807, 2.05) is 35.0 Å². The summed E-state index contributed by atoms with van der Waals surface area (Å²) in [4.78, 5) is 27.4. The van der Waals surface area contributed by atoms with E-state index >= 15 is 0 Å². The van der Waals surface area contributed by atoms with Gasteiger partial charge >= 0.3 is 0 Å². The lowest BCUT2D eigenvalue weighted by Crippen LogP contribution is -2.30. The van der Waals surface area contributed by atoms with Gasteiger partial charge in [-0.15, -0.1) is 22.7 Å². The van der Waals surface area contributed by atoms with Crippen molar-refractivity contribution in [1.29, 1.82) is 0 Å². The highest BCUT2D eigenvalue weighted by Crippen LogP contribution is 2.27. The molecule has 1 amide bonds. The first kappa shape index (κ1) is 17.6. The summed E-state index contributed by atoms with van der Waals surface area (Å²) in [5, 5.41) is 15.4. The molecule has 1 aromatic carbocycles. The van der Waals surface area contributed by atoms with E-state index in [4.69, 9.17) is 11.6 Å². The van der Waals surface area contributed by atoms with Crippen LogP contribution in [-0.4, -0.2) is 15.7 Å². The minimum Gasteiger partial charge on any atom is -0.328 e. The van der Waals surface area contributed by atoms with E-state index in [-0.39, 0.29) is 22.2 Å². The van der Waals surface area contributed by atoms with Crippen molar-refractivity contribution in [3.05, 3.63) is 83.7 Å². The molecule has 5 nitrogen and oxygen atoms in total. The van der Waals surface area contributed by atoms with Gasteiger partial charge in [-0.2, -0.15) is 0 Å². The molecule has 0 N–H and O–H groups in total. The minimum absolute atomic E-state index is 0.0440. The Morgan fingerprint density at radius 3 is 2.16 bits per heavy atom. The number of nitrogens with zero attached hydrogens (tertiary/aromatic N) is 2. The van der Waals surface area contributed by atoms with Crippen LogP contribution < -0.4 is 0 Å². The van der Waals surface area contributed by atoms with Gasteiger partial charge < -0.3 is 4.90 Å². The highest BCUT2D eigenvalue weighted by Gasteiger charge is 2.25. The summed E-state index contributed by atoms with van der Waals surface area (Å²) >= 11 is 8.94. The highest BCUT2D eigenvalue weighted by molar-refractivity contribution is 7.10. The summed E-state index contributed by atoms with van der Waals surface area (Å²) in [7, 11) is 0. The van der Waals surface area contributed by atoms with Crippen molar-refractivity contribution in [2.45, 2.75) is 13.1 Å². The maximum absolute atomic E-state index is 13.0. The zero-order valence-corrected chi connectivity index (χ0v) is 15.3. The van der Waals surface area contributed by atoms with Gasteiger partial charge in [0.1, 0.15) is 5.56 Å². The number of hydrogen-bond donors (Lipinski definition) is 0. The average molecular weight is 393 g/mol. The quantitative estimate of drug-likeness (QED) is 0.427. The van der Waals surface area contributed by atoms with Gasteiger partial charge in [-0.1, -0.05) is 23.7 Å². The Balaban J connectivity index is 1.94. The standard InChI is InChI=1S/C17H13ClN2O3S2/c18-12-5-6-15(16(9-12)20(22)23)17(21)19(10-13-3-1-7-24-13)11-14-4-2-8-25-14/h1-9H,10-11H2. The first-order chi connectivity index (χ1) is 12.0. The van der Waals surface area contributed by atoms with Gasteiger partial charge in [0.05, 0.1) is 18.0 Å². The molecule has 0 fully saturated rings. The van der Waals surface area contributed by atoms with Crippen LogP contribution in [0.5, 0.6) is 0 Å². The summed E-state index contributed by atoms with van der Waals surface area (Å²) in [5.41, 5.74) is -0.234. The molecular weight excluding hydrogens is 380 g/mol. The Bertz CT molecular complexity index is 843. The number of halogens is 1. The molecule has 2 aromatic heterocycles. The zero-order valence-electron chi connectivity index (χ0n) is 12.9. The number of hydrogen-bond acceptors (Lipinski definition) is 5. The molecule has 8 heteroatoms. The molecule has 0 unspecified atom stereocenters. The molecule has 0 radical (unpaired) electrons. The zero-order chi connectivity index (χ0) is 17.8. The number of amides is 1. The molecule has 0 bridgehead atoms. The van der Waals surface area contributed by atoms with Crippen molar-refractivity contribution in [3.8, 4) is 0 Å². The van der Waals surface area contributed by atoms with Gasteiger partial charge in [0.2, 0.25) is 0 Å². The number of carbonyl (C=O) groups is 1. The lowest BCUT2D eigenvalue weighted by molar-refractivity contribution is -0.385. The third-order valence-electron chi connectivity index (χ3n) is 3.53. The lowest BCUT2D eigenvalue weighted by atomic mass is 10.1. The van der Waals surface area contributed by atoms with E-state index in [1.54, 1.807) is 27.6 Å². The molecule has 0 aliphatic rings. The number of nitro groups is 1. The van der Waals surface area contributed by atoms with Gasteiger partial charge in [0.15, 0.2) is 0 Å². The predicted octanol–water partition coefficient (Wildman–Crippen LogP) is 5.21. The van der Waals surface area contributed by atoms with Crippen molar-refractivity contribution in [3.63, 3.8) is 0 Å². The van der Waals surface area contributed by atoms with Gasteiger partial charge in [0.25, 0.3) is 11.6 Å². The SMILES string of the molecule is O=C(c1ccc(Cl)cc1[N+](=O)[O-])N(Cc1cccs1)Cc1cccs1. The van der Waals surface area contributed by atoms with Gasteiger partial charge in [-0.05, 0) is 35.0 Å². The Labute approximate surface area is 157 Å². The van der Waals surface area contributed by atoms with E-state index in [0.717, 1.165) is 9.75 Å². The van der Waals surface area contributed by atoms with E-state index in [2.05, 4.69) is 0 Å². The summed E-state index contributed by atoms with van der Waals surface area (Å²) in [5.74, 6) is -0.384. The number of nitro benzene ring substituents is 1. The number of benzene rings is 1. The van der Waals surface area contributed by atoms with Crippen molar-refractivity contribution < 1.29 is 9.72 Å². The molecule has 0 spiro atoms. The molecule has 3 aromatic rings. The first-order valence-corrected chi connectivity index (χ1v) is 9.46. The Kier molecular flexibility index (Phi) is 5.47. The molecule has 0 atom stereocenters. The van der Waals surface area contributed by atoms with Crippen LogP contribution in [0.2, 0.25) is 5.02 Å². The molecule has 0 aliphatic heterocycles. The van der Waals surface area contributed by atoms with Crippen LogP contribution in [0.3, 0.4) is 0 Å². The second-order valence-corrected chi connectivity index (χ2v) is 7.74. The van der Waals surface area contributed by atoms with Crippen LogP contribution in [0.1, 0.15) is 20.1 Å². The fraction of sp³-hybridized carbons (Fsp3) is 0.118. The largest absolute Gasteiger partial charge is 0.328 e. The van der Waals surface area contributed by atoms with Crippen LogP contribution in [0.15, 0.2) is 53.2 Å². The monoisotopic (exact) mass is 392 g/mol. The fourth-order valence-corrected chi connectivity index (χ4v) is 3.99. The number of thiophene rings is 2. The Morgan fingerprint density at radius 1 is 1.08 bits per heavy atom. The van der Waals surface area contributed by atoms with Crippen LogP contribution in [0, 0.1) is 10.1 Å². The maximum Gasteiger partial charge on any atom is 0.283 e. The van der Waals surface area contributed by atoms with E-state index in [9.17, 15) is 14.9 Å². The highest BCUT2D eigenvalue weighted by atomic mass is 35.5. The van der Waals surface area contributed by atoms with Crippen LogP contribution in [-0.2, 0) is 13.1 Å². The van der Waals surface area contributed by atoms with Crippen LogP contribution in [0.4, 0.5) is 5.69 Å². The molecule has 128 valence electrons. The summed E-state index contributed by atoms with van der Waals surface area (Å²) < 4.78 is 0. The number of rotatable bonds is 6. The lowest BCUT2D eigenvalue weighted by Gasteiger charge is -2.21. The third-order valence-corrected chi connectivity index (χ3v) is 5.49. The van der Waals surface area contributed by atoms with Gasteiger partial charge in [-0.25, -0.2) is 0 Å². The van der Waals surface area contributed by atoms with Crippen LogP contribution >= 0.6 is 34.3 Å². The molecule has 0 saturated heterocycles. The van der Waals surface area contributed by atoms with E-state index < -0.39 is 4.92 Å². The normalized spacial score (nSPS) is 10.6. The summed E-state index contributed by atoms with van der Waals surface area (Å²) in [6.07, 6.45) is 0. The van der Waals surface area contributed by atoms with Crippen LogP contribution in [0.25, 0.3) is 0 Å². The molecule has 2 heterocycles. The van der Waals surface area contributed by atoms with Crippen molar-refractivity contribution in [2.24, 2.45) is 0 Å². The van der Waals surface area contributed by atoms with Crippen molar-refractivity contribution in [1.82, 2.24) is 4.90 Å². The minimum atomic E-state index is -0.576. The summed E-state index contributed by atoms with van der Waals surface area (Å²) in [6.45, 7) is 0.794. The fourth-order valence-electron chi connectivity index (χ4n) is 2.39.